The lowest BCUT2D eigenvalue weighted by molar-refractivity contribution is -0.121. The van der Waals surface area contributed by atoms with Gasteiger partial charge in [-0.05, 0) is 60.2 Å². The number of anilines is 3. The molecule has 4 aromatic rings. The molecule has 1 aliphatic rings. The number of benzene rings is 2. The molecular formula is C27H21N7O. The van der Waals surface area contributed by atoms with Crippen molar-refractivity contribution in [1.29, 1.82) is 5.26 Å². The number of rotatable bonds is 6. The second-order valence-corrected chi connectivity index (χ2v) is 8.17. The van der Waals surface area contributed by atoms with E-state index in [1.54, 1.807) is 43.0 Å². The van der Waals surface area contributed by atoms with E-state index in [1.165, 1.54) is 0 Å². The van der Waals surface area contributed by atoms with Gasteiger partial charge in [-0.15, -0.1) is 0 Å². The maximum atomic E-state index is 12.8. The van der Waals surface area contributed by atoms with Crippen LogP contribution in [-0.4, -0.2) is 28.6 Å². The lowest BCUT2D eigenvalue weighted by Gasteiger charge is -2.30. The van der Waals surface area contributed by atoms with Crippen LogP contribution < -0.4 is 16.4 Å². The summed E-state index contributed by atoms with van der Waals surface area (Å²) < 4.78 is 0. The Kier molecular flexibility index (Phi) is 5.65. The second kappa shape index (κ2) is 9.08. The first-order chi connectivity index (χ1) is 17.1. The molecule has 170 valence electrons. The summed E-state index contributed by atoms with van der Waals surface area (Å²) in [5.41, 5.74) is 9.91. The molecule has 0 radical (unpaired) electrons. The van der Waals surface area contributed by atoms with Crippen LogP contribution >= 0.6 is 0 Å². The average Bonchev–Trinajstić information content (AvgIpc) is 2.89. The number of primary amides is 1. The Labute approximate surface area is 201 Å². The lowest BCUT2D eigenvalue weighted by Crippen LogP contribution is -2.44. The average molecular weight is 460 g/mol. The molecule has 0 spiro atoms. The topological polar surface area (TPSA) is 129 Å². The highest BCUT2D eigenvalue weighted by atomic mass is 16.1. The van der Waals surface area contributed by atoms with Crippen molar-refractivity contribution in [3.8, 4) is 6.07 Å². The summed E-state index contributed by atoms with van der Waals surface area (Å²) in [4.78, 5) is 25.7. The van der Waals surface area contributed by atoms with Crippen LogP contribution in [0.3, 0.4) is 0 Å². The van der Waals surface area contributed by atoms with Crippen molar-refractivity contribution in [3.05, 3.63) is 102 Å². The normalized spacial score (nSPS) is 16.8. The molecule has 1 unspecified atom stereocenters. The zero-order valence-corrected chi connectivity index (χ0v) is 18.6. The van der Waals surface area contributed by atoms with Gasteiger partial charge in [-0.2, -0.15) is 5.26 Å². The molecule has 0 aliphatic carbocycles. The molecule has 4 N–H and O–H groups in total. The van der Waals surface area contributed by atoms with Crippen molar-refractivity contribution in [1.82, 2.24) is 9.97 Å². The summed E-state index contributed by atoms with van der Waals surface area (Å²) >= 11 is 0. The number of nitriles is 1. The highest BCUT2D eigenvalue weighted by molar-refractivity contribution is 5.98. The molecule has 35 heavy (non-hydrogen) atoms. The number of amides is 1. The minimum atomic E-state index is -1.13. The summed E-state index contributed by atoms with van der Waals surface area (Å²) in [6.45, 7) is 0.196. The summed E-state index contributed by atoms with van der Waals surface area (Å²) in [7, 11) is 0. The Morgan fingerprint density at radius 3 is 2.66 bits per heavy atom. The Morgan fingerprint density at radius 2 is 1.86 bits per heavy atom. The molecule has 5 rings (SSSR count). The van der Waals surface area contributed by atoms with Crippen LogP contribution in [0.15, 0.2) is 96.0 Å². The monoisotopic (exact) mass is 459 g/mol. The van der Waals surface area contributed by atoms with E-state index in [-0.39, 0.29) is 6.54 Å². The van der Waals surface area contributed by atoms with Crippen LogP contribution in [0, 0.1) is 11.3 Å². The Balaban J connectivity index is 1.52. The van der Waals surface area contributed by atoms with E-state index in [0.717, 1.165) is 33.5 Å². The van der Waals surface area contributed by atoms with E-state index in [0.29, 0.717) is 11.3 Å². The highest BCUT2D eigenvalue weighted by Gasteiger charge is 2.38. The quantitative estimate of drug-likeness (QED) is 0.399. The van der Waals surface area contributed by atoms with Crippen LogP contribution in [0.2, 0.25) is 0 Å². The van der Waals surface area contributed by atoms with Gasteiger partial charge in [0.1, 0.15) is 5.41 Å². The Hall–Kier alpha value is -5.03. The first-order valence-corrected chi connectivity index (χ1v) is 10.9. The molecule has 2 aromatic heterocycles. The second-order valence-electron chi connectivity index (χ2n) is 8.17. The molecule has 0 saturated heterocycles. The van der Waals surface area contributed by atoms with Gasteiger partial charge in [-0.3, -0.25) is 19.8 Å². The van der Waals surface area contributed by atoms with Gasteiger partial charge >= 0.3 is 0 Å². The number of fused-ring (bicyclic) bond motifs is 1. The first-order valence-electron chi connectivity index (χ1n) is 10.9. The predicted molar refractivity (Wildman–Crippen MR) is 136 cm³/mol. The van der Waals surface area contributed by atoms with E-state index in [2.05, 4.69) is 31.7 Å². The number of nitrogens with zero attached hydrogens (tertiary/aromatic N) is 4. The zero-order valence-electron chi connectivity index (χ0n) is 18.6. The maximum absolute atomic E-state index is 12.8. The van der Waals surface area contributed by atoms with Crippen LogP contribution in [-0.2, 0) is 10.2 Å². The number of hydrogen-bond donors (Lipinski definition) is 3. The number of aliphatic imine (C=N–C) groups is 1. The van der Waals surface area contributed by atoms with Crippen LogP contribution in [0.25, 0.3) is 10.9 Å². The fourth-order valence-electron chi connectivity index (χ4n) is 4.13. The summed E-state index contributed by atoms with van der Waals surface area (Å²) in [5.74, 6) is -0.499. The molecular weight excluding hydrogens is 438 g/mol. The Morgan fingerprint density at radius 1 is 1.00 bits per heavy atom. The third-order valence-electron chi connectivity index (χ3n) is 5.91. The number of nitrogens with one attached hydrogen (secondary N) is 2. The van der Waals surface area contributed by atoms with Crippen molar-refractivity contribution < 1.29 is 4.79 Å². The number of carbonyl (C=O) groups is 1. The van der Waals surface area contributed by atoms with E-state index in [9.17, 15) is 10.1 Å². The third-order valence-corrected chi connectivity index (χ3v) is 5.91. The standard InChI is InChI=1S/C27H21N7O/c28-15-18-4-5-24-23(12-18)25(8-11-32-24)34-22-14-27(26(29)35,17-31-16-22)19-2-1-3-21(13-19)33-20-6-9-30-10-7-20/h1-14,16H,17H2,(H2,29,35)(H,30,33)(H,32,34). The highest BCUT2D eigenvalue weighted by Crippen LogP contribution is 2.33. The van der Waals surface area contributed by atoms with Crippen molar-refractivity contribution in [2.75, 3.05) is 17.2 Å². The van der Waals surface area contributed by atoms with E-state index in [4.69, 9.17) is 5.73 Å². The molecule has 0 saturated carbocycles. The number of carbonyl (C=O) groups excluding carboxylic acids is 1. The van der Waals surface area contributed by atoms with Crippen LogP contribution in [0.1, 0.15) is 11.1 Å². The largest absolute Gasteiger partial charge is 0.369 e. The zero-order chi connectivity index (χ0) is 24.3. The van der Waals surface area contributed by atoms with Crippen molar-refractivity contribution in [3.63, 3.8) is 0 Å². The van der Waals surface area contributed by atoms with Gasteiger partial charge in [0, 0.05) is 47.3 Å². The van der Waals surface area contributed by atoms with Crippen LogP contribution in [0.4, 0.5) is 17.1 Å². The molecule has 1 amide bonds. The molecule has 0 bridgehead atoms. The van der Waals surface area contributed by atoms with Gasteiger partial charge in [-0.25, -0.2) is 0 Å². The number of nitrogens with two attached hydrogens (primary N) is 1. The van der Waals surface area contributed by atoms with E-state index < -0.39 is 11.3 Å². The van der Waals surface area contributed by atoms with Gasteiger partial charge in [0.25, 0.3) is 0 Å². The molecule has 3 heterocycles. The molecule has 1 aliphatic heterocycles. The SMILES string of the molecule is N#Cc1ccc2nccc(NC3=CC(C(N)=O)(c4cccc(Nc5ccncc5)c4)CN=C3)c2c1. The molecule has 2 aromatic carbocycles. The Bertz CT molecular complexity index is 1520. The number of dihydropyridines is 1. The number of hydrogen-bond acceptors (Lipinski definition) is 7. The van der Waals surface area contributed by atoms with Gasteiger partial charge in [0.2, 0.25) is 5.91 Å². The van der Waals surface area contributed by atoms with Gasteiger partial charge in [-0.1, -0.05) is 12.1 Å². The summed E-state index contributed by atoms with van der Waals surface area (Å²) in [6, 6.07) is 20.6. The summed E-state index contributed by atoms with van der Waals surface area (Å²) in [6.07, 6.45) is 8.59. The summed E-state index contributed by atoms with van der Waals surface area (Å²) in [5, 5.41) is 16.8. The van der Waals surface area contributed by atoms with Gasteiger partial charge in [0.05, 0.1) is 29.4 Å². The fourth-order valence-corrected chi connectivity index (χ4v) is 4.13. The molecule has 0 fully saturated rings. The van der Waals surface area contributed by atoms with Crippen molar-refractivity contribution in [2.45, 2.75) is 5.41 Å². The third kappa shape index (κ3) is 4.30. The van der Waals surface area contributed by atoms with Crippen LogP contribution in [0.5, 0.6) is 0 Å². The minimum absolute atomic E-state index is 0.196. The van der Waals surface area contributed by atoms with E-state index >= 15 is 0 Å². The number of aromatic nitrogens is 2. The fraction of sp³-hybridized carbons (Fsp3) is 0.0741. The molecule has 8 heteroatoms. The number of allylic oxidation sites excluding steroid dienone is 1. The van der Waals surface area contributed by atoms with Crippen molar-refractivity contribution >= 4 is 40.1 Å². The minimum Gasteiger partial charge on any atom is -0.369 e. The predicted octanol–water partition coefficient (Wildman–Crippen LogP) is 4.05. The first kappa shape index (κ1) is 21.8. The molecule has 8 nitrogen and oxygen atoms in total. The van der Waals surface area contributed by atoms with Crippen molar-refractivity contribution in [2.24, 2.45) is 10.7 Å². The number of pyridine rings is 2. The van der Waals surface area contributed by atoms with E-state index in [1.807, 2.05) is 48.5 Å². The van der Waals surface area contributed by atoms with Gasteiger partial charge < -0.3 is 16.4 Å². The van der Waals surface area contributed by atoms with Gasteiger partial charge in [0.15, 0.2) is 0 Å². The maximum Gasteiger partial charge on any atom is 0.233 e. The smallest absolute Gasteiger partial charge is 0.233 e. The molecule has 1 atom stereocenters. The lowest BCUT2D eigenvalue weighted by atomic mass is 9.77.